The molecule has 112 valence electrons. The molecule has 2 aliphatic rings. The summed E-state index contributed by atoms with van der Waals surface area (Å²) in [4.78, 5) is 14.0. The molecule has 1 fully saturated rings. The Bertz CT molecular complexity index is 549. The number of ether oxygens (including phenoxy) is 1. The smallest absolute Gasteiger partial charge is 0.234 e. The number of hydrogen-bond donors (Lipinski definition) is 1. The first kappa shape index (κ1) is 14.1. The van der Waals surface area contributed by atoms with Crippen LogP contribution in [-0.4, -0.2) is 43.6 Å². The van der Waals surface area contributed by atoms with E-state index in [9.17, 15) is 4.79 Å². The summed E-state index contributed by atoms with van der Waals surface area (Å²) in [5.41, 5.74) is 2.56. The quantitative estimate of drug-likeness (QED) is 0.901. The van der Waals surface area contributed by atoms with E-state index in [-0.39, 0.29) is 5.91 Å². The Labute approximate surface area is 125 Å². The van der Waals surface area contributed by atoms with Crippen LogP contribution in [0.25, 0.3) is 5.57 Å². The van der Waals surface area contributed by atoms with Gasteiger partial charge >= 0.3 is 0 Å². The number of carbonyl (C=O) groups excluding carboxylic acids is 1. The van der Waals surface area contributed by atoms with E-state index >= 15 is 0 Å². The van der Waals surface area contributed by atoms with Crippen LogP contribution in [0.4, 0.5) is 0 Å². The zero-order valence-corrected chi connectivity index (χ0v) is 12.5. The molecule has 1 amide bonds. The minimum absolute atomic E-state index is 0.163. The standard InChI is InChI=1S/C17H22N2O2/c1-21-16-4-2-3-14(11-16)13-7-9-19(10-8-13)12-17(20)18-15-5-6-15/h2-4,7,11,15H,5-6,8-10,12H2,1H3,(H,18,20). The molecule has 0 spiro atoms. The maximum absolute atomic E-state index is 11.8. The van der Waals surface area contributed by atoms with Crippen LogP contribution in [0.5, 0.6) is 5.75 Å². The van der Waals surface area contributed by atoms with Gasteiger partial charge < -0.3 is 10.1 Å². The fourth-order valence-corrected chi connectivity index (χ4v) is 2.64. The Hall–Kier alpha value is -1.81. The zero-order valence-electron chi connectivity index (χ0n) is 12.5. The number of methoxy groups -OCH3 is 1. The van der Waals surface area contributed by atoms with E-state index in [2.05, 4.69) is 28.4 Å². The predicted molar refractivity (Wildman–Crippen MR) is 83.2 cm³/mol. The summed E-state index contributed by atoms with van der Waals surface area (Å²) in [5, 5.41) is 3.04. The van der Waals surface area contributed by atoms with Crippen LogP contribution in [-0.2, 0) is 4.79 Å². The maximum atomic E-state index is 11.8. The minimum Gasteiger partial charge on any atom is -0.497 e. The molecule has 0 aromatic heterocycles. The first-order valence-corrected chi connectivity index (χ1v) is 7.60. The van der Waals surface area contributed by atoms with Gasteiger partial charge in [0.25, 0.3) is 0 Å². The molecule has 21 heavy (non-hydrogen) atoms. The maximum Gasteiger partial charge on any atom is 0.234 e. The Morgan fingerprint density at radius 1 is 1.43 bits per heavy atom. The molecule has 3 rings (SSSR count). The summed E-state index contributed by atoms with van der Waals surface area (Å²) in [7, 11) is 1.69. The van der Waals surface area contributed by atoms with Crippen LogP contribution < -0.4 is 10.1 Å². The molecule has 1 N–H and O–H groups in total. The summed E-state index contributed by atoms with van der Waals surface area (Å²) in [6, 6.07) is 8.61. The van der Waals surface area contributed by atoms with Gasteiger partial charge in [0.2, 0.25) is 5.91 Å². The summed E-state index contributed by atoms with van der Waals surface area (Å²) in [6.45, 7) is 2.28. The van der Waals surface area contributed by atoms with E-state index in [1.807, 2.05) is 12.1 Å². The molecule has 4 nitrogen and oxygen atoms in total. The van der Waals surface area contributed by atoms with Gasteiger partial charge in [0.1, 0.15) is 5.75 Å². The van der Waals surface area contributed by atoms with Crippen molar-refractivity contribution in [3.8, 4) is 5.75 Å². The lowest BCUT2D eigenvalue weighted by Gasteiger charge is -2.26. The van der Waals surface area contributed by atoms with Crippen molar-refractivity contribution in [2.45, 2.75) is 25.3 Å². The SMILES string of the molecule is COc1cccc(C2=CCN(CC(=O)NC3CC3)CC2)c1. The highest BCUT2D eigenvalue weighted by molar-refractivity contribution is 5.79. The third-order valence-corrected chi connectivity index (χ3v) is 4.04. The third-order valence-electron chi connectivity index (χ3n) is 4.04. The fraction of sp³-hybridized carbons (Fsp3) is 0.471. The monoisotopic (exact) mass is 286 g/mol. The van der Waals surface area contributed by atoms with Crippen LogP contribution in [0.1, 0.15) is 24.8 Å². The van der Waals surface area contributed by atoms with Crippen molar-refractivity contribution in [2.75, 3.05) is 26.7 Å². The second-order valence-corrected chi connectivity index (χ2v) is 5.79. The van der Waals surface area contributed by atoms with Gasteiger partial charge in [-0.05, 0) is 42.5 Å². The van der Waals surface area contributed by atoms with E-state index in [0.717, 1.165) is 38.1 Å². The van der Waals surface area contributed by atoms with Crippen molar-refractivity contribution >= 4 is 11.5 Å². The van der Waals surface area contributed by atoms with Gasteiger partial charge in [0.15, 0.2) is 0 Å². The summed E-state index contributed by atoms with van der Waals surface area (Å²) < 4.78 is 5.27. The van der Waals surface area contributed by atoms with E-state index < -0.39 is 0 Å². The van der Waals surface area contributed by atoms with Crippen molar-refractivity contribution in [3.05, 3.63) is 35.9 Å². The van der Waals surface area contributed by atoms with Crippen molar-refractivity contribution in [2.24, 2.45) is 0 Å². The lowest BCUT2D eigenvalue weighted by atomic mass is 9.99. The molecule has 0 unspecified atom stereocenters. The number of rotatable bonds is 5. The highest BCUT2D eigenvalue weighted by atomic mass is 16.5. The molecule has 4 heteroatoms. The second-order valence-electron chi connectivity index (χ2n) is 5.79. The largest absolute Gasteiger partial charge is 0.497 e. The molecule has 0 saturated heterocycles. The summed E-state index contributed by atoms with van der Waals surface area (Å²) >= 11 is 0. The number of nitrogens with zero attached hydrogens (tertiary/aromatic N) is 1. The van der Waals surface area contributed by atoms with E-state index in [0.29, 0.717) is 12.6 Å². The molecule has 1 aromatic rings. The van der Waals surface area contributed by atoms with Crippen LogP contribution in [0, 0.1) is 0 Å². The molecule has 0 atom stereocenters. The highest BCUT2D eigenvalue weighted by Gasteiger charge is 2.24. The Balaban J connectivity index is 1.56. The van der Waals surface area contributed by atoms with Gasteiger partial charge in [-0.25, -0.2) is 0 Å². The second kappa shape index (κ2) is 6.31. The number of carbonyl (C=O) groups is 1. The Morgan fingerprint density at radius 2 is 2.29 bits per heavy atom. The predicted octanol–water partition coefficient (Wildman–Crippen LogP) is 2.06. The van der Waals surface area contributed by atoms with Gasteiger partial charge in [-0.3, -0.25) is 9.69 Å². The van der Waals surface area contributed by atoms with Gasteiger partial charge in [-0.15, -0.1) is 0 Å². The topological polar surface area (TPSA) is 41.6 Å². The van der Waals surface area contributed by atoms with Gasteiger partial charge in [-0.2, -0.15) is 0 Å². The molecular formula is C17H22N2O2. The number of amides is 1. The van der Waals surface area contributed by atoms with Gasteiger partial charge in [0, 0.05) is 19.1 Å². The van der Waals surface area contributed by atoms with E-state index in [1.165, 1.54) is 11.1 Å². The van der Waals surface area contributed by atoms with Crippen molar-refractivity contribution in [1.82, 2.24) is 10.2 Å². The van der Waals surface area contributed by atoms with Crippen LogP contribution in [0.2, 0.25) is 0 Å². The molecule has 1 aliphatic heterocycles. The van der Waals surface area contributed by atoms with Crippen molar-refractivity contribution in [1.29, 1.82) is 0 Å². The minimum atomic E-state index is 0.163. The van der Waals surface area contributed by atoms with Crippen LogP contribution in [0.3, 0.4) is 0 Å². The summed E-state index contributed by atoms with van der Waals surface area (Å²) in [5.74, 6) is 1.05. The van der Waals surface area contributed by atoms with Gasteiger partial charge in [-0.1, -0.05) is 18.2 Å². The average Bonchev–Trinajstić information content (AvgIpc) is 3.32. The van der Waals surface area contributed by atoms with E-state index in [4.69, 9.17) is 4.74 Å². The molecule has 0 bridgehead atoms. The average molecular weight is 286 g/mol. The molecule has 1 heterocycles. The first-order chi connectivity index (χ1) is 10.2. The summed E-state index contributed by atoms with van der Waals surface area (Å²) in [6.07, 6.45) is 5.49. The number of nitrogens with one attached hydrogen (secondary N) is 1. The number of hydrogen-bond acceptors (Lipinski definition) is 3. The molecule has 1 saturated carbocycles. The van der Waals surface area contributed by atoms with Crippen LogP contribution in [0.15, 0.2) is 30.3 Å². The first-order valence-electron chi connectivity index (χ1n) is 7.60. The van der Waals surface area contributed by atoms with Gasteiger partial charge in [0.05, 0.1) is 13.7 Å². The lowest BCUT2D eigenvalue weighted by molar-refractivity contribution is -0.122. The highest BCUT2D eigenvalue weighted by Crippen LogP contribution is 2.25. The van der Waals surface area contributed by atoms with Crippen molar-refractivity contribution < 1.29 is 9.53 Å². The Morgan fingerprint density at radius 3 is 2.95 bits per heavy atom. The lowest BCUT2D eigenvalue weighted by Crippen LogP contribution is -2.39. The Kier molecular flexibility index (Phi) is 4.25. The molecule has 1 aromatic carbocycles. The fourth-order valence-electron chi connectivity index (χ4n) is 2.64. The van der Waals surface area contributed by atoms with E-state index in [1.54, 1.807) is 7.11 Å². The zero-order chi connectivity index (χ0) is 14.7. The number of benzene rings is 1. The molecule has 1 aliphatic carbocycles. The normalized spacial score (nSPS) is 19.0. The molecule has 0 radical (unpaired) electrons. The van der Waals surface area contributed by atoms with Crippen LogP contribution >= 0.6 is 0 Å². The third kappa shape index (κ3) is 3.85. The van der Waals surface area contributed by atoms with Crippen molar-refractivity contribution in [3.63, 3.8) is 0 Å². The molecular weight excluding hydrogens is 264 g/mol.